The molecule has 0 unspecified atom stereocenters. The molecular formula is C14H17N3. The molecule has 0 bridgehead atoms. The van der Waals surface area contributed by atoms with Crippen LogP contribution in [0.1, 0.15) is 18.9 Å². The number of fused-ring (bicyclic) bond motifs is 1. The van der Waals surface area contributed by atoms with E-state index in [9.17, 15) is 0 Å². The van der Waals surface area contributed by atoms with Crippen molar-refractivity contribution >= 4 is 5.95 Å². The third-order valence-electron chi connectivity index (χ3n) is 3.29. The molecule has 2 aromatic rings. The van der Waals surface area contributed by atoms with Crippen LogP contribution in [0.25, 0.3) is 11.3 Å². The summed E-state index contributed by atoms with van der Waals surface area (Å²) in [4.78, 5) is 4.63. The van der Waals surface area contributed by atoms with E-state index in [1.165, 1.54) is 17.5 Å². The van der Waals surface area contributed by atoms with Crippen LogP contribution >= 0.6 is 0 Å². The monoisotopic (exact) mass is 227 g/mol. The molecule has 3 nitrogen and oxygen atoms in total. The Hall–Kier alpha value is -1.77. The fourth-order valence-corrected chi connectivity index (χ4v) is 2.23. The summed E-state index contributed by atoms with van der Waals surface area (Å²) in [6, 6.07) is 8.68. The van der Waals surface area contributed by atoms with E-state index >= 15 is 0 Å². The van der Waals surface area contributed by atoms with E-state index in [1.807, 2.05) is 0 Å². The van der Waals surface area contributed by atoms with Crippen molar-refractivity contribution in [3.63, 3.8) is 0 Å². The zero-order valence-electron chi connectivity index (χ0n) is 10.1. The quantitative estimate of drug-likeness (QED) is 0.855. The lowest BCUT2D eigenvalue weighted by atomic mass is 10.1. The van der Waals surface area contributed by atoms with Crippen molar-refractivity contribution in [2.24, 2.45) is 0 Å². The SMILES string of the molecule is CCc1ccc(-c2cn3c(n2)NCCC3)cc1. The number of anilines is 1. The van der Waals surface area contributed by atoms with Crippen LogP contribution in [-0.4, -0.2) is 16.1 Å². The van der Waals surface area contributed by atoms with Gasteiger partial charge in [-0.2, -0.15) is 0 Å². The van der Waals surface area contributed by atoms with Gasteiger partial charge in [0.15, 0.2) is 0 Å². The Morgan fingerprint density at radius 3 is 2.82 bits per heavy atom. The van der Waals surface area contributed by atoms with Gasteiger partial charge in [-0.25, -0.2) is 4.98 Å². The van der Waals surface area contributed by atoms with Crippen molar-refractivity contribution in [1.82, 2.24) is 9.55 Å². The standard InChI is InChI=1S/C14H17N3/c1-2-11-4-6-12(7-5-11)13-10-17-9-3-8-15-14(17)16-13/h4-7,10H,2-3,8-9H2,1H3,(H,15,16). The Kier molecular flexibility index (Phi) is 2.59. The van der Waals surface area contributed by atoms with Gasteiger partial charge in [-0.1, -0.05) is 31.2 Å². The number of nitrogens with one attached hydrogen (secondary N) is 1. The Balaban J connectivity index is 1.94. The minimum Gasteiger partial charge on any atom is -0.356 e. The minimum absolute atomic E-state index is 1.01. The first-order valence-corrected chi connectivity index (χ1v) is 6.27. The lowest BCUT2D eigenvalue weighted by Gasteiger charge is -2.14. The Bertz CT molecular complexity index is 487. The molecule has 0 aliphatic carbocycles. The van der Waals surface area contributed by atoms with E-state index in [-0.39, 0.29) is 0 Å². The smallest absolute Gasteiger partial charge is 0.203 e. The molecule has 1 aromatic carbocycles. The first-order valence-electron chi connectivity index (χ1n) is 6.27. The average molecular weight is 227 g/mol. The fourth-order valence-electron chi connectivity index (χ4n) is 2.23. The predicted molar refractivity (Wildman–Crippen MR) is 70.1 cm³/mol. The summed E-state index contributed by atoms with van der Waals surface area (Å²) in [5.41, 5.74) is 3.64. The highest BCUT2D eigenvalue weighted by Crippen LogP contribution is 2.23. The number of imidazole rings is 1. The van der Waals surface area contributed by atoms with Crippen LogP contribution in [0.3, 0.4) is 0 Å². The Morgan fingerprint density at radius 2 is 2.12 bits per heavy atom. The van der Waals surface area contributed by atoms with Crippen molar-refractivity contribution in [1.29, 1.82) is 0 Å². The molecule has 0 saturated heterocycles. The van der Waals surface area contributed by atoms with Crippen LogP contribution in [-0.2, 0) is 13.0 Å². The summed E-state index contributed by atoms with van der Waals surface area (Å²) >= 11 is 0. The van der Waals surface area contributed by atoms with Gasteiger partial charge in [-0.05, 0) is 18.4 Å². The number of hydrogen-bond acceptors (Lipinski definition) is 2. The maximum absolute atomic E-state index is 4.63. The molecule has 1 aromatic heterocycles. The molecule has 2 heterocycles. The molecule has 1 aliphatic rings. The van der Waals surface area contributed by atoms with Crippen LogP contribution in [0.4, 0.5) is 5.95 Å². The summed E-state index contributed by atoms with van der Waals surface area (Å²) in [5.74, 6) is 1.01. The lowest BCUT2D eigenvalue weighted by molar-refractivity contribution is 0.627. The van der Waals surface area contributed by atoms with Gasteiger partial charge in [0.1, 0.15) is 0 Å². The number of rotatable bonds is 2. The molecule has 0 spiro atoms. The van der Waals surface area contributed by atoms with Gasteiger partial charge < -0.3 is 9.88 Å². The van der Waals surface area contributed by atoms with Gasteiger partial charge >= 0.3 is 0 Å². The van der Waals surface area contributed by atoms with Crippen LogP contribution in [0.15, 0.2) is 30.5 Å². The van der Waals surface area contributed by atoms with E-state index in [1.54, 1.807) is 0 Å². The number of hydrogen-bond donors (Lipinski definition) is 1. The second-order valence-corrected chi connectivity index (χ2v) is 4.47. The van der Waals surface area contributed by atoms with Gasteiger partial charge in [0, 0.05) is 24.8 Å². The van der Waals surface area contributed by atoms with Crippen LogP contribution in [0, 0.1) is 0 Å². The highest BCUT2D eigenvalue weighted by atomic mass is 15.2. The number of benzene rings is 1. The highest BCUT2D eigenvalue weighted by Gasteiger charge is 2.12. The Labute approximate surface area is 101 Å². The van der Waals surface area contributed by atoms with Gasteiger partial charge in [0.05, 0.1) is 5.69 Å². The predicted octanol–water partition coefficient (Wildman–Crippen LogP) is 2.93. The molecule has 1 N–H and O–H groups in total. The molecule has 0 saturated carbocycles. The Morgan fingerprint density at radius 1 is 1.29 bits per heavy atom. The fraction of sp³-hybridized carbons (Fsp3) is 0.357. The highest BCUT2D eigenvalue weighted by molar-refractivity contribution is 5.61. The molecule has 0 amide bonds. The molecule has 3 heteroatoms. The van der Waals surface area contributed by atoms with E-state index in [2.05, 4.69) is 52.3 Å². The van der Waals surface area contributed by atoms with Gasteiger partial charge in [-0.15, -0.1) is 0 Å². The third kappa shape index (κ3) is 1.93. The first-order chi connectivity index (χ1) is 8.36. The van der Waals surface area contributed by atoms with Gasteiger partial charge in [0.25, 0.3) is 0 Å². The second kappa shape index (κ2) is 4.24. The maximum atomic E-state index is 4.63. The molecule has 0 fully saturated rings. The largest absolute Gasteiger partial charge is 0.356 e. The second-order valence-electron chi connectivity index (χ2n) is 4.47. The molecule has 0 atom stereocenters. The third-order valence-corrected chi connectivity index (χ3v) is 3.29. The van der Waals surface area contributed by atoms with Crippen LogP contribution in [0.5, 0.6) is 0 Å². The lowest BCUT2D eigenvalue weighted by Crippen LogP contribution is -2.16. The number of nitrogens with zero attached hydrogens (tertiary/aromatic N) is 2. The van der Waals surface area contributed by atoms with Crippen molar-refractivity contribution in [3.05, 3.63) is 36.0 Å². The summed E-state index contributed by atoms with van der Waals surface area (Å²) in [5, 5.41) is 3.33. The molecule has 3 rings (SSSR count). The van der Waals surface area contributed by atoms with Crippen molar-refractivity contribution in [2.45, 2.75) is 26.3 Å². The molecule has 1 aliphatic heterocycles. The van der Waals surface area contributed by atoms with Crippen molar-refractivity contribution in [3.8, 4) is 11.3 Å². The first kappa shape index (κ1) is 10.4. The van der Waals surface area contributed by atoms with E-state index < -0.39 is 0 Å². The summed E-state index contributed by atoms with van der Waals surface area (Å²) in [6.07, 6.45) is 4.40. The number of aromatic nitrogens is 2. The maximum Gasteiger partial charge on any atom is 0.203 e. The van der Waals surface area contributed by atoms with Crippen molar-refractivity contribution in [2.75, 3.05) is 11.9 Å². The van der Waals surface area contributed by atoms with E-state index in [0.717, 1.165) is 31.2 Å². The number of aryl methyl sites for hydroxylation is 2. The summed E-state index contributed by atoms with van der Waals surface area (Å²) in [7, 11) is 0. The molecule has 0 radical (unpaired) electrons. The van der Waals surface area contributed by atoms with E-state index in [4.69, 9.17) is 0 Å². The molecule has 17 heavy (non-hydrogen) atoms. The van der Waals surface area contributed by atoms with Crippen LogP contribution < -0.4 is 5.32 Å². The van der Waals surface area contributed by atoms with Gasteiger partial charge in [0.2, 0.25) is 5.95 Å². The summed E-state index contributed by atoms with van der Waals surface area (Å²) < 4.78 is 2.20. The zero-order chi connectivity index (χ0) is 11.7. The van der Waals surface area contributed by atoms with Crippen LogP contribution in [0.2, 0.25) is 0 Å². The van der Waals surface area contributed by atoms with Gasteiger partial charge in [-0.3, -0.25) is 0 Å². The topological polar surface area (TPSA) is 29.9 Å². The molecule has 88 valence electrons. The average Bonchev–Trinajstić information content (AvgIpc) is 2.82. The van der Waals surface area contributed by atoms with E-state index in [0.29, 0.717) is 0 Å². The minimum atomic E-state index is 1.01. The van der Waals surface area contributed by atoms with Crippen molar-refractivity contribution < 1.29 is 0 Å². The normalized spacial score (nSPS) is 14.2. The summed E-state index contributed by atoms with van der Waals surface area (Å²) in [6.45, 7) is 4.28. The molecular weight excluding hydrogens is 210 g/mol. The zero-order valence-corrected chi connectivity index (χ0v) is 10.1.